The van der Waals surface area contributed by atoms with Crippen LogP contribution in [-0.2, 0) is 19.0 Å². The van der Waals surface area contributed by atoms with Crippen LogP contribution in [0.4, 0.5) is 4.79 Å². The lowest BCUT2D eigenvalue weighted by Crippen LogP contribution is -2.40. The Labute approximate surface area is 171 Å². The molecule has 0 radical (unpaired) electrons. The summed E-state index contributed by atoms with van der Waals surface area (Å²) in [5.41, 5.74) is -1.28. The van der Waals surface area contributed by atoms with Gasteiger partial charge in [-0.25, -0.2) is 19.4 Å². The van der Waals surface area contributed by atoms with Crippen LogP contribution in [0.25, 0.3) is 0 Å². The number of esters is 2. The van der Waals surface area contributed by atoms with Crippen molar-refractivity contribution in [3.63, 3.8) is 0 Å². The highest BCUT2D eigenvalue weighted by Crippen LogP contribution is 2.11. The Kier molecular flexibility index (Phi) is 8.42. The molecule has 0 spiro atoms. The summed E-state index contributed by atoms with van der Waals surface area (Å²) in [6.07, 6.45) is -0.555. The molecule has 9 heteroatoms. The lowest BCUT2D eigenvalue weighted by molar-refractivity contribution is -0.158. The highest BCUT2D eigenvalue weighted by Gasteiger charge is 2.20. The molecule has 0 aliphatic carbocycles. The average molecular weight is 410 g/mol. The Morgan fingerprint density at radius 2 is 1.66 bits per heavy atom. The molecule has 0 saturated heterocycles. The van der Waals surface area contributed by atoms with Crippen LogP contribution in [-0.4, -0.2) is 53.5 Å². The van der Waals surface area contributed by atoms with E-state index < -0.39 is 35.8 Å². The quantitative estimate of drug-likeness (QED) is 0.539. The summed E-state index contributed by atoms with van der Waals surface area (Å²) in [6.45, 7) is 11.8. The van der Waals surface area contributed by atoms with Gasteiger partial charge in [-0.3, -0.25) is 0 Å². The molecule has 1 aromatic rings. The second kappa shape index (κ2) is 10.1. The summed E-state index contributed by atoms with van der Waals surface area (Å²) in [5, 5.41) is 2.64. The number of amides is 1. The normalized spacial score (nSPS) is 12.5. The lowest BCUT2D eigenvalue weighted by Gasteiger charge is -2.22. The number of nitrogens with one attached hydrogen (secondary N) is 1. The highest BCUT2D eigenvalue weighted by atomic mass is 16.6. The van der Waals surface area contributed by atoms with E-state index in [1.807, 2.05) is 0 Å². The number of alkyl carbamates (subject to hydrolysis) is 1. The number of aromatic nitrogens is 1. The number of pyridine rings is 1. The second-order valence-corrected chi connectivity index (χ2v) is 8.38. The minimum Gasteiger partial charge on any atom is -0.475 e. The summed E-state index contributed by atoms with van der Waals surface area (Å²) in [4.78, 5) is 39.5. The van der Waals surface area contributed by atoms with E-state index in [1.165, 1.54) is 6.07 Å². The van der Waals surface area contributed by atoms with Crippen molar-refractivity contribution in [1.82, 2.24) is 10.3 Å². The Morgan fingerprint density at radius 1 is 1.03 bits per heavy atom. The second-order valence-electron chi connectivity index (χ2n) is 8.38. The molecule has 0 aliphatic heterocycles. The van der Waals surface area contributed by atoms with Crippen LogP contribution in [0, 0.1) is 0 Å². The lowest BCUT2D eigenvalue weighted by atomic mass is 10.2. The van der Waals surface area contributed by atoms with Crippen LogP contribution in [0.15, 0.2) is 18.2 Å². The number of nitrogens with zero attached hydrogens (tertiary/aromatic N) is 1. The standard InChI is InChI=1S/C20H30N2O7/c1-13(21-18(25)29-20(5,6)7)11-26-15-10-8-9-14(22-15)17(24)27-12-16(23)28-19(2,3)4/h8-10,13H,11-12H2,1-7H3,(H,21,25). The molecule has 9 nitrogen and oxygen atoms in total. The number of carbonyl (C=O) groups is 3. The SMILES string of the molecule is CC(COc1cccc(C(=O)OCC(=O)OC(C)(C)C)n1)NC(=O)OC(C)(C)C. The van der Waals surface area contributed by atoms with E-state index in [-0.39, 0.29) is 24.2 Å². The van der Waals surface area contributed by atoms with Gasteiger partial charge < -0.3 is 24.3 Å². The molecule has 29 heavy (non-hydrogen) atoms. The molecule has 0 fully saturated rings. The topological polar surface area (TPSA) is 113 Å². The maximum Gasteiger partial charge on any atom is 0.407 e. The van der Waals surface area contributed by atoms with Crippen LogP contribution < -0.4 is 10.1 Å². The van der Waals surface area contributed by atoms with Crippen molar-refractivity contribution in [2.75, 3.05) is 13.2 Å². The maximum atomic E-state index is 12.1. The van der Waals surface area contributed by atoms with E-state index in [9.17, 15) is 14.4 Å². The molecule has 1 atom stereocenters. The van der Waals surface area contributed by atoms with Crippen molar-refractivity contribution in [2.45, 2.75) is 65.7 Å². The van der Waals surface area contributed by atoms with E-state index in [1.54, 1.807) is 60.6 Å². The van der Waals surface area contributed by atoms with E-state index in [0.29, 0.717) is 0 Å². The zero-order chi connectivity index (χ0) is 22.2. The van der Waals surface area contributed by atoms with Gasteiger partial charge in [-0.05, 0) is 54.5 Å². The zero-order valence-corrected chi connectivity index (χ0v) is 18.0. The molecule has 1 N–H and O–H groups in total. The molecule has 162 valence electrons. The minimum atomic E-state index is -0.777. The van der Waals surface area contributed by atoms with Gasteiger partial charge in [-0.15, -0.1) is 0 Å². The van der Waals surface area contributed by atoms with Crippen molar-refractivity contribution < 1.29 is 33.3 Å². The molecule has 1 amide bonds. The maximum absolute atomic E-state index is 12.1. The Hall–Kier alpha value is -2.84. The van der Waals surface area contributed by atoms with E-state index in [2.05, 4.69) is 10.3 Å². The number of rotatable bonds is 7. The van der Waals surface area contributed by atoms with Crippen LogP contribution in [0.1, 0.15) is 59.0 Å². The molecule has 1 heterocycles. The van der Waals surface area contributed by atoms with Gasteiger partial charge in [-0.1, -0.05) is 6.07 Å². The van der Waals surface area contributed by atoms with Crippen LogP contribution in [0.5, 0.6) is 5.88 Å². The summed E-state index contributed by atoms with van der Waals surface area (Å²) in [7, 11) is 0. The van der Waals surface area contributed by atoms with Gasteiger partial charge in [0.2, 0.25) is 5.88 Å². The first-order chi connectivity index (χ1) is 13.2. The van der Waals surface area contributed by atoms with Crippen LogP contribution >= 0.6 is 0 Å². The fourth-order valence-corrected chi connectivity index (χ4v) is 1.94. The molecule has 0 aromatic carbocycles. The molecule has 0 aliphatic rings. The van der Waals surface area contributed by atoms with Gasteiger partial charge in [0.1, 0.15) is 17.8 Å². The van der Waals surface area contributed by atoms with Crippen LogP contribution in [0.3, 0.4) is 0 Å². The summed E-state index contributed by atoms with van der Waals surface area (Å²) in [6, 6.07) is 4.21. The first-order valence-corrected chi connectivity index (χ1v) is 9.23. The third-order valence-electron chi connectivity index (χ3n) is 2.92. The molecular weight excluding hydrogens is 380 g/mol. The Morgan fingerprint density at radius 3 is 2.24 bits per heavy atom. The van der Waals surface area contributed by atoms with Gasteiger partial charge in [0.05, 0.1) is 6.04 Å². The fourth-order valence-electron chi connectivity index (χ4n) is 1.94. The summed E-state index contributed by atoms with van der Waals surface area (Å²) < 4.78 is 20.6. The number of hydrogen-bond acceptors (Lipinski definition) is 8. The Bertz CT molecular complexity index is 720. The monoisotopic (exact) mass is 410 g/mol. The minimum absolute atomic E-state index is 0.0150. The third-order valence-corrected chi connectivity index (χ3v) is 2.92. The van der Waals surface area contributed by atoms with Crippen molar-refractivity contribution >= 4 is 18.0 Å². The van der Waals surface area contributed by atoms with E-state index in [0.717, 1.165) is 0 Å². The summed E-state index contributed by atoms with van der Waals surface area (Å²) in [5.74, 6) is -1.25. The van der Waals surface area contributed by atoms with Crippen molar-refractivity contribution in [3.8, 4) is 5.88 Å². The van der Waals surface area contributed by atoms with E-state index in [4.69, 9.17) is 18.9 Å². The van der Waals surface area contributed by atoms with Crippen molar-refractivity contribution in [1.29, 1.82) is 0 Å². The van der Waals surface area contributed by atoms with Gasteiger partial charge in [0, 0.05) is 6.07 Å². The number of carbonyl (C=O) groups excluding carboxylic acids is 3. The smallest absolute Gasteiger partial charge is 0.407 e. The number of hydrogen-bond donors (Lipinski definition) is 1. The third kappa shape index (κ3) is 10.9. The predicted octanol–water partition coefficient (Wildman–Crippen LogP) is 2.87. The van der Waals surface area contributed by atoms with Gasteiger partial charge >= 0.3 is 18.0 Å². The molecule has 1 unspecified atom stereocenters. The molecule has 0 saturated carbocycles. The van der Waals surface area contributed by atoms with Crippen LogP contribution in [0.2, 0.25) is 0 Å². The largest absolute Gasteiger partial charge is 0.475 e. The fraction of sp³-hybridized carbons (Fsp3) is 0.600. The first kappa shape index (κ1) is 24.2. The highest BCUT2D eigenvalue weighted by molar-refractivity contribution is 5.88. The predicted molar refractivity (Wildman–Crippen MR) is 105 cm³/mol. The summed E-state index contributed by atoms with van der Waals surface area (Å²) >= 11 is 0. The number of ether oxygens (including phenoxy) is 4. The van der Waals surface area contributed by atoms with Gasteiger partial charge in [0.25, 0.3) is 0 Å². The average Bonchev–Trinajstić information content (AvgIpc) is 2.55. The molecule has 0 bridgehead atoms. The molecule has 1 aromatic heterocycles. The van der Waals surface area contributed by atoms with Gasteiger partial charge in [-0.2, -0.15) is 0 Å². The van der Waals surface area contributed by atoms with E-state index >= 15 is 0 Å². The van der Waals surface area contributed by atoms with Crippen molar-refractivity contribution in [2.24, 2.45) is 0 Å². The van der Waals surface area contributed by atoms with Crippen molar-refractivity contribution in [3.05, 3.63) is 23.9 Å². The Balaban J connectivity index is 2.52. The zero-order valence-electron chi connectivity index (χ0n) is 18.0. The van der Waals surface area contributed by atoms with Gasteiger partial charge in [0.15, 0.2) is 12.3 Å². The molecular formula is C20H30N2O7. The molecule has 1 rings (SSSR count). The first-order valence-electron chi connectivity index (χ1n) is 9.23.